The third-order valence-corrected chi connectivity index (χ3v) is 1.78. The van der Waals surface area contributed by atoms with Crippen LogP contribution in [0.15, 0.2) is 18.7 Å². The van der Waals surface area contributed by atoms with Crippen molar-refractivity contribution >= 4 is 12.2 Å². The lowest BCUT2D eigenvalue weighted by atomic mass is 10.1. The van der Waals surface area contributed by atoms with E-state index in [4.69, 9.17) is 15.6 Å². The lowest BCUT2D eigenvalue weighted by Crippen LogP contribution is -2.04. The molecule has 5 N–H and O–H groups in total. The van der Waals surface area contributed by atoms with E-state index < -0.39 is 17.7 Å². The molecule has 0 atom stereocenters. The van der Waals surface area contributed by atoms with Crippen molar-refractivity contribution in [3.63, 3.8) is 0 Å². The first-order valence-corrected chi connectivity index (χ1v) is 4.71. The highest BCUT2D eigenvalue weighted by molar-refractivity contribution is 5.61. The maximum absolute atomic E-state index is 13.1. The summed E-state index contributed by atoms with van der Waals surface area (Å²) in [5.41, 5.74) is 9.78. The van der Waals surface area contributed by atoms with Gasteiger partial charge in [-0.05, 0) is 30.7 Å². The third kappa shape index (κ3) is 5.62. The number of amides is 1. The van der Waals surface area contributed by atoms with Crippen LogP contribution in [0.1, 0.15) is 14.0 Å². The summed E-state index contributed by atoms with van der Waals surface area (Å²) in [5, 5.41) is 7.19. The molecule has 0 spiro atoms. The molecule has 1 amide bonds. The molecule has 0 saturated carbocycles. The zero-order chi connectivity index (χ0) is 13.4. The zero-order valence-corrected chi connectivity index (χ0v) is 9.12. The number of nitrogens with two attached hydrogens (primary N) is 2. The van der Waals surface area contributed by atoms with Gasteiger partial charge in [0.25, 0.3) is 0 Å². The average Bonchev–Trinajstić information content (AvgIpc) is 2.16. The molecular formula is C11H18F2N2O2. The minimum absolute atomic E-state index is 0. The summed E-state index contributed by atoms with van der Waals surface area (Å²) >= 11 is 0. The molecule has 1 aromatic rings. The molecule has 1 aromatic carbocycles. The van der Waals surface area contributed by atoms with Crippen molar-refractivity contribution in [2.45, 2.75) is 6.42 Å². The van der Waals surface area contributed by atoms with Crippen molar-refractivity contribution in [1.82, 2.24) is 0 Å². The molecular weight excluding hydrogens is 230 g/mol. The second kappa shape index (κ2) is 7.34. The topological polar surface area (TPSA) is 89.3 Å². The second-order valence-electron chi connectivity index (χ2n) is 3.05. The molecule has 0 fully saturated rings. The van der Waals surface area contributed by atoms with Crippen molar-refractivity contribution in [2.75, 3.05) is 6.54 Å². The van der Waals surface area contributed by atoms with Gasteiger partial charge in [0.2, 0.25) is 0 Å². The zero-order valence-electron chi connectivity index (χ0n) is 9.12. The fourth-order valence-corrected chi connectivity index (χ4v) is 1.14. The Balaban J connectivity index is -0.000000379. The van der Waals surface area contributed by atoms with Gasteiger partial charge in [0.1, 0.15) is 11.6 Å². The SMILES string of the molecule is C=Cc1c(F)cc(CCN)cc1F.NC(=O)O.[HH].[HH]. The molecule has 0 saturated heterocycles. The van der Waals surface area contributed by atoms with Crippen molar-refractivity contribution in [3.05, 3.63) is 41.5 Å². The van der Waals surface area contributed by atoms with E-state index in [1.807, 2.05) is 0 Å². The fourth-order valence-electron chi connectivity index (χ4n) is 1.14. The number of benzene rings is 1. The summed E-state index contributed by atoms with van der Waals surface area (Å²) in [6.45, 7) is 3.70. The highest BCUT2D eigenvalue weighted by atomic mass is 19.1. The Morgan fingerprint density at radius 1 is 1.47 bits per heavy atom. The van der Waals surface area contributed by atoms with E-state index in [1.54, 1.807) is 0 Å². The molecule has 0 radical (unpaired) electrons. The number of hydrogen-bond donors (Lipinski definition) is 3. The highest BCUT2D eigenvalue weighted by Gasteiger charge is 2.07. The lowest BCUT2D eigenvalue weighted by molar-refractivity contribution is 0.205. The van der Waals surface area contributed by atoms with Gasteiger partial charge in [-0.2, -0.15) is 0 Å². The maximum Gasteiger partial charge on any atom is 0.402 e. The van der Waals surface area contributed by atoms with E-state index >= 15 is 0 Å². The van der Waals surface area contributed by atoms with Crippen LogP contribution >= 0.6 is 0 Å². The Morgan fingerprint density at radius 2 is 1.88 bits per heavy atom. The Morgan fingerprint density at radius 3 is 2.18 bits per heavy atom. The van der Waals surface area contributed by atoms with Gasteiger partial charge in [0, 0.05) is 8.42 Å². The minimum Gasteiger partial charge on any atom is -0.465 e. The first kappa shape index (κ1) is 15.0. The summed E-state index contributed by atoms with van der Waals surface area (Å²) in [6, 6.07) is 2.57. The number of halogens is 2. The van der Waals surface area contributed by atoms with E-state index in [1.165, 1.54) is 12.1 Å². The summed E-state index contributed by atoms with van der Waals surface area (Å²) < 4.78 is 26.2. The molecule has 6 heteroatoms. The van der Waals surface area contributed by atoms with Crippen LogP contribution < -0.4 is 11.5 Å². The Labute approximate surface area is 101 Å². The number of hydrogen-bond acceptors (Lipinski definition) is 2. The molecule has 0 aromatic heterocycles. The largest absolute Gasteiger partial charge is 0.465 e. The van der Waals surface area contributed by atoms with E-state index in [0.717, 1.165) is 6.08 Å². The van der Waals surface area contributed by atoms with Crippen molar-refractivity contribution in [2.24, 2.45) is 11.5 Å². The van der Waals surface area contributed by atoms with Gasteiger partial charge >= 0.3 is 6.09 Å². The maximum atomic E-state index is 13.1. The van der Waals surface area contributed by atoms with Crippen LogP contribution in [0.3, 0.4) is 0 Å². The molecule has 1 rings (SSSR count). The number of carbonyl (C=O) groups is 1. The van der Waals surface area contributed by atoms with Crippen LogP contribution in [-0.4, -0.2) is 17.7 Å². The fraction of sp³-hybridized carbons (Fsp3) is 0.182. The van der Waals surface area contributed by atoms with Crippen LogP contribution in [0, 0.1) is 11.6 Å². The predicted octanol–water partition coefficient (Wildman–Crippen LogP) is 2.22. The number of primary amides is 1. The van der Waals surface area contributed by atoms with Crippen LogP contribution in [0.25, 0.3) is 6.08 Å². The predicted molar refractivity (Wildman–Crippen MR) is 65.6 cm³/mol. The monoisotopic (exact) mass is 248 g/mol. The lowest BCUT2D eigenvalue weighted by Gasteiger charge is -2.03. The molecule has 17 heavy (non-hydrogen) atoms. The van der Waals surface area contributed by atoms with Gasteiger partial charge < -0.3 is 16.6 Å². The highest BCUT2D eigenvalue weighted by Crippen LogP contribution is 2.16. The molecule has 0 unspecified atom stereocenters. The molecule has 0 heterocycles. The molecule has 0 aliphatic carbocycles. The molecule has 0 aliphatic heterocycles. The molecule has 98 valence electrons. The molecule has 0 aliphatic rings. The quantitative estimate of drug-likeness (QED) is 0.766. The number of carboxylic acid groups (broad SMARTS) is 1. The van der Waals surface area contributed by atoms with Gasteiger partial charge in [0.05, 0.1) is 0 Å². The Kier molecular flexibility index (Phi) is 6.50. The minimum atomic E-state index is -1.33. The van der Waals surface area contributed by atoms with E-state index in [9.17, 15) is 8.78 Å². The van der Waals surface area contributed by atoms with Gasteiger partial charge in [-0.3, -0.25) is 0 Å². The summed E-state index contributed by atoms with van der Waals surface area (Å²) in [4.78, 5) is 8.78. The summed E-state index contributed by atoms with van der Waals surface area (Å²) in [5.74, 6) is -1.17. The van der Waals surface area contributed by atoms with Gasteiger partial charge in [-0.15, -0.1) is 0 Å². The summed E-state index contributed by atoms with van der Waals surface area (Å²) in [7, 11) is 0. The van der Waals surface area contributed by atoms with Crippen molar-refractivity contribution in [1.29, 1.82) is 0 Å². The first-order valence-electron chi connectivity index (χ1n) is 4.71. The van der Waals surface area contributed by atoms with Crippen molar-refractivity contribution in [3.8, 4) is 0 Å². The van der Waals surface area contributed by atoms with Crippen LogP contribution in [0.4, 0.5) is 13.6 Å². The number of rotatable bonds is 3. The average molecular weight is 248 g/mol. The van der Waals surface area contributed by atoms with Crippen LogP contribution in [0.2, 0.25) is 0 Å². The smallest absolute Gasteiger partial charge is 0.402 e. The van der Waals surface area contributed by atoms with Gasteiger partial charge in [0.15, 0.2) is 0 Å². The molecule has 0 bridgehead atoms. The van der Waals surface area contributed by atoms with Crippen LogP contribution in [-0.2, 0) is 6.42 Å². The van der Waals surface area contributed by atoms with Gasteiger partial charge in [-0.25, -0.2) is 13.6 Å². The molecule has 4 nitrogen and oxygen atoms in total. The van der Waals surface area contributed by atoms with E-state index in [0.29, 0.717) is 18.5 Å². The standard InChI is InChI=1S/C10H11F2N.CH3NO2.2H2/c1-2-8-9(11)5-7(3-4-13)6-10(8)12;2-1(3)4;;/h2,5-6H,1,3-4,13H2;2H2,(H,3,4);2*1H. The normalized spacial score (nSPS) is 9.12. The Bertz CT molecular complexity index is 391. The van der Waals surface area contributed by atoms with Crippen molar-refractivity contribution < 1.29 is 21.5 Å². The van der Waals surface area contributed by atoms with E-state index in [2.05, 4.69) is 12.3 Å². The van der Waals surface area contributed by atoms with E-state index in [-0.39, 0.29) is 8.42 Å². The third-order valence-electron chi connectivity index (χ3n) is 1.78. The van der Waals surface area contributed by atoms with Gasteiger partial charge in [-0.1, -0.05) is 12.7 Å². The summed E-state index contributed by atoms with van der Waals surface area (Å²) in [6.07, 6.45) is 0.308. The Hall–Kier alpha value is -1.95. The van der Waals surface area contributed by atoms with Crippen LogP contribution in [0.5, 0.6) is 0 Å². The first-order chi connectivity index (χ1) is 7.92. The second-order valence-corrected chi connectivity index (χ2v) is 3.05.